The molecule has 0 aliphatic carbocycles. The van der Waals surface area contributed by atoms with Gasteiger partial charge in [0, 0.05) is 29.9 Å². The summed E-state index contributed by atoms with van der Waals surface area (Å²) in [5, 5.41) is 6.49. The molecule has 3 rings (SSSR count). The molecule has 0 spiro atoms. The smallest absolute Gasteiger partial charge is 0.232 e. The van der Waals surface area contributed by atoms with E-state index in [0.29, 0.717) is 35.8 Å². The van der Waals surface area contributed by atoms with E-state index < -0.39 is 10.0 Å². The number of carbonyl (C=O) groups is 1. The number of hydrogen-bond donors (Lipinski definition) is 3. The van der Waals surface area contributed by atoms with Gasteiger partial charge in [-0.25, -0.2) is 8.42 Å². The highest BCUT2D eigenvalue weighted by Crippen LogP contribution is 2.32. The van der Waals surface area contributed by atoms with E-state index >= 15 is 0 Å². The van der Waals surface area contributed by atoms with Gasteiger partial charge in [0.05, 0.1) is 5.75 Å². The second-order valence-corrected chi connectivity index (χ2v) is 8.82. The zero-order chi connectivity index (χ0) is 17.2. The molecular weight excluding hydrogens is 362 g/mol. The summed E-state index contributed by atoms with van der Waals surface area (Å²) in [6, 6.07) is 7.94. The molecule has 6 nitrogen and oxygen atoms in total. The molecule has 8 heteroatoms. The van der Waals surface area contributed by atoms with Crippen LogP contribution in [0.3, 0.4) is 0 Å². The quantitative estimate of drug-likeness (QED) is 0.700. The number of hydrogen-bond acceptors (Lipinski definition) is 4. The number of halogens is 1. The third kappa shape index (κ3) is 5.59. The second-order valence-electron chi connectivity index (χ2n) is 6.81. The zero-order valence-corrected chi connectivity index (χ0v) is 16.0. The molecule has 1 aromatic carbocycles. The van der Waals surface area contributed by atoms with E-state index in [4.69, 9.17) is 0 Å². The Balaban J connectivity index is 0.00000225. The second kappa shape index (κ2) is 8.38. The van der Waals surface area contributed by atoms with E-state index in [-0.39, 0.29) is 24.1 Å². The van der Waals surface area contributed by atoms with Crippen molar-refractivity contribution in [1.29, 1.82) is 0 Å². The lowest BCUT2D eigenvalue weighted by atomic mass is 9.89. The Morgan fingerprint density at radius 2 is 1.68 bits per heavy atom. The van der Waals surface area contributed by atoms with E-state index in [0.717, 1.165) is 12.8 Å². The number of anilines is 2. The Labute approximate surface area is 155 Å². The first-order chi connectivity index (χ1) is 11.4. The van der Waals surface area contributed by atoms with Gasteiger partial charge >= 0.3 is 0 Å². The lowest BCUT2D eigenvalue weighted by Crippen LogP contribution is -2.39. The van der Waals surface area contributed by atoms with Crippen LogP contribution >= 0.6 is 12.4 Å². The van der Waals surface area contributed by atoms with Crippen LogP contribution in [0.1, 0.15) is 39.0 Å². The van der Waals surface area contributed by atoms with E-state index in [1.54, 1.807) is 31.2 Å². The average molecular weight is 388 g/mol. The minimum absolute atomic E-state index is 0. The lowest BCUT2D eigenvalue weighted by Gasteiger charge is -2.28. The highest BCUT2D eigenvalue weighted by molar-refractivity contribution is 7.92. The molecule has 0 radical (unpaired) electrons. The fourth-order valence-corrected chi connectivity index (χ4v) is 4.33. The van der Waals surface area contributed by atoms with Crippen molar-refractivity contribution in [2.75, 3.05) is 15.8 Å². The molecule has 0 aromatic heterocycles. The van der Waals surface area contributed by atoms with Gasteiger partial charge < -0.3 is 10.6 Å². The van der Waals surface area contributed by atoms with Crippen LogP contribution in [-0.4, -0.2) is 32.2 Å². The molecule has 3 N–H and O–H groups in total. The van der Waals surface area contributed by atoms with Crippen LogP contribution in [0.25, 0.3) is 0 Å². The van der Waals surface area contributed by atoms with Crippen molar-refractivity contribution >= 4 is 39.7 Å². The summed E-state index contributed by atoms with van der Waals surface area (Å²) in [5.41, 5.74) is 1.20. The van der Waals surface area contributed by atoms with Crippen LogP contribution in [0.4, 0.5) is 11.4 Å². The van der Waals surface area contributed by atoms with Gasteiger partial charge in [-0.15, -0.1) is 12.4 Å². The molecule has 1 amide bonds. The predicted molar refractivity (Wildman–Crippen MR) is 103 cm³/mol. The fourth-order valence-electron chi connectivity index (χ4n) is 3.69. The van der Waals surface area contributed by atoms with E-state index in [1.165, 1.54) is 12.8 Å². The monoisotopic (exact) mass is 387 g/mol. The number of carbonyl (C=O) groups excluding carboxylic acids is 1. The summed E-state index contributed by atoms with van der Waals surface area (Å²) >= 11 is 0. The van der Waals surface area contributed by atoms with Crippen molar-refractivity contribution in [2.45, 2.75) is 51.1 Å². The van der Waals surface area contributed by atoms with Crippen LogP contribution in [0, 0.1) is 5.92 Å². The van der Waals surface area contributed by atoms with Gasteiger partial charge in [0.1, 0.15) is 0 Å². The van der Waals surface area contributed by atoms with Crippen molar-refractivity contribution in [1.82, 2.24) is 5.32 Å². The highest BCUT2D eigenvalue weighted by atomic mass is 35.5. The molecule has 2 aliphatic heterocycles. The lowest BCUT2D eigenvalue weighted by molar-refractivity contribution is -0.117. The molecule has 140 valence electrons. The van der Waals surface area contributed by atoms with E-state index in [1.807, 2.05) is 0 Å². The third-order valence-electron chi connectivity index (χ3n) is 4.87. The largest absolute Gasteiger partial charge is 0.326 e. The van der Waals surface area contributed by atoms with Crippen molar-refractivity contribution in [3.8, 4) is 0 Å². The van der Waals surface area contributed by atoms with E-state index in [2.05, 4.69) is 15.4 Å². The van der Waals surface area contributed by atoms with Gasteiger partial charge in [-0.05, 0) is 62.8 Å². The van der Waals surface area contributed by atoms with E-state index in [9.17, 15) is 13.2 Å². The maximum absolute atomic E-state index is 12.2. The van der Waals surface area contributed by atoms with Gasteiger partial charge in [-0.2, -0.15) is 0 Å². The Hall–Kier alpha value is -1.31. The Morgan fingerprint density at radius 3 is 2.24 bits per heavy atom. The van der Waals surface area contributed by atoms with Gasteiger partial charge in [-0.1, -0.05) is 0 Å². The van der Waals surface area contributed by atoms with Crippen molar-refractivity contribution < 1.29 is 13.2 Å². The molecule has 2 heterocycles. The van der Waals surface area contributed by atoms with Crippen molar-refractivity contribution in [3.05, 3.63) is 24.3 Å². The first-order valence-electron chi connectivity index (χ1n) is 8.60. The molecule has 1 aromatic rings. The summed E-state index contributed by atoms with van der Waals surface area (Å²) in [7, 11) is -3.28. The van der Waals surface area contributed by atoms with Gasteiger partial charge in [0.15, 0.2) is 0 Å². The predicted octanol–water partition coefficient (Wildman–Crippen LogP) is 2.73. The molecule has 0 saturated carbocycles. The van der Waals surface area contributed by atoms with Crippen LogP contribution in [0.15, 0.2) is 24.3 Å². The van der Waals surface area contributed by atoms with Gasteiger partial charge in [0.2, 0.25) is 15.9 Å². The summed E-state index contributed by atoms with van der Waals surface area (Å²) < 4.78 is 25.5. The van der Waals surface area contributed by atoms with Crippen molar-refractivity contribution in [2.24, 2.45) is 5.92 Å². The molecule has 2 unspecified atom stereocenters. The summed E-state index contributed by atoms with van der Waals surface area (Å²) in [5.74, 6) is 0.520. The number of rotatable bonds is 6. The maximum Gasteiger partial charge on any atom is 0.232 e. The SMILES string of the molecule is CCS(=O)(=O)Nc1ccc(NC(=O)CC2CC3CCC(C2)N3)cc1.Cl. The van der Waals surface area contributed by atoms with Crippen LogP contribution < -0.4 is 15.4 Å². The minimum atomic E-state index is -3.28. The number of sulfonamides is 1. The first kappa shape index (κ1) is 20.0. The van der Waals surface area contributed by atoms with Crippen LogP contribution in [-0.2, 0) is 14.8 Å². The van der Waals surface area contributed by atoms with Crippen LogP contribution in [0.2, 0.25) is 0 Å². The fraction of sp³-hybridized carbons (Fsp3) is 0.588. The zero-order valence-electron chi connectivity index (χ0n) is 14.3. The van der Waals surface area contributed by atoms with Crippen molar-refractivity contribution in [3.63, 3.8) is 0 Å². The Bertz CT molecular complexity index is 682. The molecular formula is C17H26ClN3O3S. The standard InChI is InChI=1S/C17H25N3O3S.ClH/c1-2-24(22,23)20-14-5-3-13(4-6-14)19-17(21)11-12-9-15-7-8-16(10-12)18-15;/h3-6,12,15-16,18,20H,2,7-11H2,1H3,(H,19,21);1H. The highest BCUT2D eigenvalue weighted by Gasteiger charge is 2.34. The van der Waals surface area contributed by atoms with Crippen LogP contribution in [0.5, 0.6) is 0 Å². The topological polar surface area (TPSA) is 87.3 Å². The average Bonchev–Trinajstić information content (AvgIpc) is 2.88. The van der Waals surface area contributed by atoms with Gasteiger partial charge in [0.25, 0.3) is 0 Å². The number of fused-ring (bicyclic) bond motifs is 2. The Morgan fingerprint density at radius 1 is 1.12 bits per heavy atom. The molecule has 2 atom stereocenters. The normalized spacial score (nSPS) is 25.1. The molecule has 2 fully saturated rings. The number of piperidine rings is 1. The van der Waals surface area contributed by atoms with Gasteiger partial charge in [-0.3, -0.25) is 9.52 Å². The number of amides is 1. The number of nitrogens with one attached hydrogen (secondary N) is 3. The molecule has 25 heavy (non-hydrogen) atoms. The molecule has 2 bridgehead atoms. The summed E-state index contributed by atoms with van der Waals surface area (Å²) in [4.78, 5) is 12.2. The summed E-state index contributed by atoms with van der Waals surface area (Å²) in [6.45, 7) is 1.59. The molecule has 2 aliphatic rings. The summed E-state index contributed by atoms with van der Waals surface area (Å²) in [6.07, 6.45) is 5.19. The number of benzene rings is 1. The minimum Gasteiger partial charge on any atom is -0.326 e. The Kier molecular flexibility index (Phi) is 6.71. The first-order valence-corrected chi connectivity index (χ1v) is 10.2. The third-order valence-corrected chi connectivity index (χ3v) is 6.17. The maximum atomic E-state index is 12.2. The molecule has 2 saturated heterocycles.